The van der Waals surface area contributed by atoms with Crippen LogP contribution in [0, 0.1) is 11.3 Å². The molecule has 0 aliphatic rings. The molecule has 0 saturated carbocycles. The Bertz CT molecular complexity index is 513. The summed E-state index contributed by atoms with van der Waals surface area (Å²) < 4.78 is 5.32. The molecule has 0 fully saturated rings. The molecule has 0 spiro atoms. The van der Waals surface area contributed by atoms with Crippen LogP contribution in [0.3, 0.4) is 0 Å². The molecule has 0 radical (unpaired) electrons. The van der Waals surface area contributed by atoms with Crippen molar-refractivity contribution in [1.82, 2.24) is 10.2 Å². The number of carbonyl (C=O) groups excluding carboxylic acids is 2. The van der Waals surface area contributed by atoms with Crippen molar-refractivity contribution in [3.05, 3.63) is 11.6 Å². The van der Waals surface area contributed by atoms with Crippen LogP contribution in [-0.2, 0) is 9.53 Å². The third-order valence-electron chi connectivity index (χ3n) is 3.96. The molecule has 2 atom stereocenters. The Labute approximate surface area is 159 Å². The predicted octanol–water partition coefficient (Wildman–Crippen LogP) is 3.35. The summed E-state index contributed by atoms with van der Waals surface area (Å²) >= 11 is 0. The zero-order valence-electron chi connectivity index (χ0n) is 18.1. The topological polar surface area (TPSA) is 78.9 Å². The van der Waals surface area contributed by atoms with Crippen molar-refractivity contribution in [3.63, 3.8) is 0 Å². The van der Waals surface area contributed by atoms with Crippen LogP contribution in [0.1, 0.15) is 62.3 Å². The standard InChI is InChI=1S/C20H38N2O4/c1-13(2)15(11-14(3)12-23)22(10)17(24)16(19(4,5)6)21-18(25)26-20(7,8)9/h11,13,15-16,23H,12H2,1-10H3,(H,21,25)/b14-11+/t15-,16-/m1/s1. The molecule has 26 heavy (non-hydrogen) atoms. The summed E-state index contributed by atoms with van der Waals surface area (Å²) in [6, 6.07) is -0.911. The van der Waals surface area contributed by atoms with Crippen molar-refractivity contribution in [2.24, 2.45) is 11.3 Å². The summed E-state index contributed by atoms with van der Waals surface area (Å²) in [6.45, 7) is 16.9. The van der Waals surface area contributed by atoms with Gasteiger partial charge in [0, 0.05) is 7.05 Å². The van der Waals surface area contributed by atoms with Gasteiger partial charge in [-0.1, -0.05) is 46.3 Å². The second-order valence-corrected chi connectivity index (χ2v) is 9.30. The molecule has 2 N–H and O–H groups in total. The molecule has 6 nitrogen and oxygen atoms in total. The van der Waals surface area contributed by atoms with E-state index in [-0.39, 0.29) is 24.5 Å². The van der Waals surface area contributed by atoms with Crippen LogP contribution in [0.15, 0.2) is 11.6 Å². The Balaban J connectivity index is 5.56. The van der Waals surface area contributed by atoms with Crippen molar-refractivity contribution in [2.75, 3.05) is 13.7 Å². The lowest BCUT2D eigenvalue weighted by Crippen LogP contribution is -2.56. The number of rotatable bonds is 6. The molecule has 0 heterocycles. The molecular weight excluding hydrogens is 332 g/mol. The molecule has 152 valence electrons. The average molecular weight is 371 g/mol. The number of likely N-dealkylation sites (N-methyl/N-ethyl adjacent to an activating group) is 1. The average Bonchev–Trinajstić information content (AvgIpc) is 2.45. The van der Waals surface area contributed by atoms with E-state index in [0.717, 1.165) is 5.57 Å². The second-order valence-electron chi connectivity index (χ2n) is 9.30. The maximum Gasteiger partial charge on any atom is 0.408 e. The molecule has 0 saturated heterocycles. The summed E-state index contributed by atoms with van der Waals surface area (Å²) in [5, 5.41) is 12.0. The van der Waals surface area contributed by atoms with Crippen molar-refractivity contribution < 1.29 is 19.4 Å². The minimum absolute atomic E-state index is 0.0515. The Hall–Kier alpha value is -1.56. The number of hydrogen-bond acceptors (Lipinski definition) is 4. The summed E-state index contributed by atoms with van der Waals surface area (Å²) in [5.41, 5.74) is -0.321. The maximum absolute atomic E-state index is 13.2. The molecule has 0 bridgehead atoms. The lowest BCUT2D eigenvalue weighted by molar-refractivity contribution is -0.136. The van der Waals surface area contributed by atoms with E-state index >= 15 is 0 Å². The van der Waals surface area contributed by atoms with E-state index in [9.17, 15) is 14.7 Å². The lowest BCUT2D eigenvalue weighted by atomic mass is 9.85. The zero-order valence-corrected chi connectivity index (χ0v) is 18.1. The van der Waals surface area contributed by atoms with Crippen LogP contribution in [0.5, 0.6) is 0 Å². The van der Waals surface area contributed by atoms with E-state index in [0.29, 0.717) is 0 Å². The minimum Gasteiger partial charge on any atom is -0.444 e. The number of aliphatic hydroxyl groups is 1. The van der Waals surface area contributed by atoms with Crippen LogP contribution in [-0.4, -0.2) is 53.3 Å². The van der Waals surface area contributed by atoms with Gasteiger partial charge in [-0.2, -0.15) is 0 Å². The van der Waals surface area contributed by atoms with Gasteiger partial charge in [0.2, 0.25) is 5.91 Å². The lowest BCUT2D eigenvalue weighted by Gasteiger charge is -2.37. The first-order valence-corrected chi connectivity index (χ1v) is 9.14. The van der Waals surface area contributed by atoms with Gasteiger partial charge in [0.1, 0.15) is 11.6 Å². The first-order valence-electron chi connectivity index (χ1n) is 9.14. The molecule has 2 amide bonds. The number of carbonyl (C=O) groups is 2. The van der Waals surface area contributed by atoms with Gasteiger partial charge in [-0.25, -0.2) is 4.79 Å². The van der Waals surface area contributed by atoms with Gasteiger partial charge in [0.05, 0.1) is 12.6 Å². The van der Waals surface area contributed by atoms with Crippen LogP contribution in [0.4, 0.5) is 4.79 Å². The highest BCUT2D eigenvalue weighted by Crippen LogP contribution is 2.24. The van der Waals surface area contributed by atoms with Gasteiger partial charge < -0.3 is 20.1 Å². The predicted molar refractivity (Wildman–Crippen MR) is 105 cm³/mol. The number of nitrogens with one attached hydrogen (secondary N) is 1. The van der Waals surface area contributed by atoms with Gasteiger partial charge in [-0.05, 0) is 39.0 Å². The summed E-state index contributed by atoms with van der Waals surface area (Å²) in [6.07, 6.45) is 1.29. The molecular formula is C20H38N2O4. The Morgan fingerprint density at radius 1 is 1.15 bits per heavy atom. The third-order valence-corrected chi connectivity index (χ3v) is 3.96. The molecule has 0 aromatic rings. The molecule has 0 rings (SSSR count). The van der Waals surface area contributed by atoms with Crippen LogP contribution in [0.2, 0.25) is 0 Å². The first kappa shape index (κ1) is 24.4. The molecule has 0 unspecified atom stereocenters. The molecule has 0 aromatic heterocycles. The number of aliphatic hydroxyl groups excluding tert-OH is 1. The van der Waals surface area contributed by atoms with Crippen molar-refractivity contribution in [3.8, 4) is 0 Å². The number of alkyl carbamates (subject to hydrolysis) is 1. The van der Waals surface area contributed by atoms with Crippen molar-refractivity contribution >= 4 is 12.0 Å². The maximum atomic E-state index is 13.2. The van der Waals surface area contributed by atoms with Gasteiger partial charge in [0.15, 0.2) is 0 Å². The SMILES string of the molecule is C/C(=C\[C@H](C(C)C)N(C)C(=O)[C@@H](NC(=O)OC(C)(C)C)C(C)(C)C)CO. The molecule has 0 aliphatic carbocycles. The van der Waals surface area contributed by atoms with E-state index in [1.54, 1.807) is 32.7 Å². The quantitative estimate of drug-likeness (QED) is 0.703. The normalized spacial score (nSPS) is 15.5. The van der Waals surface area contributed by atoms with E-state index in [4.69, 9.17) is 4.74 Å². The summed E-state index contributed by atoms with van der Waals surface area (Å²) in [5.74, 6) is -0.0309. The highest BCUT2D eigenvalue weighted by Gasteiger charge is 2.37. The Morgan fingerprint density at radius 3 is 2.00 bits per heavy atom. The molecule has 0 aliphatic heterocycles. The summed E-state index contributed by atoms with van der Waals surface area (Å²) in [4.78, 5) is 27.0. The third kappa shape index (κ3) is 8.21. The van der Waals surface area contributed by atoms with Gasteiger partial charge >= 0.3 is 6.09 Å². The van der Waals surface area contributed by atoms with Crippen LogP contribution >= 0.6 is 0 Å². The van der Waals surface area contributed by atoms with Crippen LogP contribution in [0.25, 0.3) is 0 Å². The van der Waals surface area contributed by atoms with Crippen molar-refractivity contribution in [2.45, 2.75) is 80.0 Å². The van der Waals surface area contributed by atoms with E-state index in [1.807, 2.05) is 47.6 Å². The molecule has 0 aromatic carbocycles. The number of ether oxygens (including phenoxy) is 1. The Morgan fingerprint density at radius 2 is 1.65 bits per heavy atom. The van der Waals surface area contributed by atoms with E-state index in [1.165, 1.54) is 0 Å². The zero-order chi connectivity index (χ0) is 20.9. The summed E-state index contributed by atoms with van der Waals surface area (Å²) in [7, 11) is 1.73. The Kier molecular flexibility index (Phi) is 8.83. The number of hydrogen-bond donors (Lipinski definition) is 2. The van der Waals surface area contributed by atoms with Gasteiger partial charge in [-0.15, -0.1) is 0 Å². The second kappa shape index (κ2) is 9.40. The highest BCUT2D eigenvalue weighted by atomic mass is 16.6. The largest absolute Gasteiger partial charge is 0.444 e. The fraction of sp³-hybridized carbons (Fsp3) is 0.800. The molecule has 6 heteroatoms. The van der Waals surface area contributed by atoms with Crippen LogP contribution < -0.4 is 5.32 Å². The van der Waals surface area contributed by atoms with Gasteiger partial charge in [0.25, 0.3) is 0 Å². The van der Waals surface area contributed by atoms with E-state index in [2.05, 4.69) is 5.32 Å². The smallest absolute Gasteiger partial charge is 0.408 e. The monoisotopic (exact) mass is 370 g/mol. The van der Waals surface area contributed by atoms with Crippen molar-refractivity contribution in [1.29, 1.82) is 0 Å². The first-order chi connectivity index (χ1) is 11.6. The van der Waals surface area contributed by atoms with E-state index < -0.39 is 23.2 Å². The highest BCUT2D eigenvalue weighted by molar-refractivity contribution is 5.86. The number of amides is 2. The minimum atomic E-state index is -0.730. The fourth-order valence-electron chi connectivity index (χ4n) is 2.52. The number of nitrogens with zero attached hydrogens (tertiary/aromatic N) is 1. The van der Waals surface area contributed by atoms with Gasteiger partial charge in [-0.3, -0.25) is 4.79 Å². The fourth-order valence-corrected chi connectivity index (χ4v) is 2.52.